The SMILES string of the molecule is CN[C@H](Cc1ccc2ccccc2c1)C(=O)N1CCN(CC2CC2)C(=O)[C@H]1Cc1ccccc1. The summed E-state index contributed by atoms with van der Waals surface area (Å²) in [5.41, 5.74) is 2.20. The van der Waals surface area contributed by atoms with Crippen molar-refractivity contribution in [2.24, 2.45) is 5.92 Å². The van der Waals surface area contributed by atoms with Crippen LogP contribution in [0.1, 0.15) is 24.0 Å². The minimum atomic E-state index is -0.449. The lowest BCUT2D eigenvalue weighted by molar-refractivity contribution is -0.152. The van der Waals surface area contributed by atoms with Crippen molar-refractivity contribution >= 4 is 22.6 Å². The van der Waals surface area contributed by atoms with E-state index < -0.39 is 6.04 Å². The summed E-state index contributed by atoms with van der Waals surface area (Å²) in [5, 5.41) is 5.60. The maximum atomic E-state index is 13.8. The molecule has 0 spiro atoms. The van der Waals surface area contributed by atoms with Gasteiger partial charge in [-0.2, -0.15) is 0 Å². The predicted octanol–water partition coefficient (Wildman–Crippen LogP) is 3.66. The van der Waals surface area contributed by atoms with Crippen molar-refractivity contribution in [3.63, 3.8) is 0 Å². The summed E-state index contributed by atoms with van der Waals surface area (Å²) in [4.78, 5) is 31.1. The zero-order valence-electron chi connectivity index (χ0n) is 19.8. The zero-order chi connectivity index (χ0) is 23.5. The normalized spacial score (nSPS) is 19.4. The second-order valence-corrected chi connectivity index (χ2v) is 9.69. The summed E-state index contributed by atoms with van der Waals surface area (Å²) in [6, 6.07) is 23.9. The average Bonchev–Trinajstić information content (AvgIpc) is 3.69. The number of hydrogen-bond donors (Lipinski definition) is 1. The number of piperazine rings is 1. The highest BCUT2D eigenvalue weighted by Gasteiger charge is 2.40. The Morgan fingerprint density at radius 1 is 0.941 bits per heavy atom. The minimum absolute atomic E-state index is 0.0102. The summed E-state index contributed by atoms with van der Waals surface area (Å²) >= 11 is 0. The van der Waals surface area contributed by atoms with Gasteiger partial charge in [0.05, 0.1) is 6.04 Å². The fourth-order valence-corrected chi connectivity index (χ4v) is 5.05. The molecule has 5 heteroatoms. The molecule has 2 amide bonds. The van der Waals surface area contributed by atoms with Crippen LogP contribution in [0, 0.1) is 5.92 Å². The molecular weight excluding hydrogens is 422 g/mol. The Morgan fingerprint density at radius 3 is 2.41 bits per heavy atom. The second kappa shape index (κ2) is 9.98. The van der Waals surface area contributed by atoms with Gasteiger partial charge in [0.1, 0.15) is 6.04 Å². The van der Waals surface area contributed by atoms with Gasteiger partial charge in [-0.05, 0) is 54.1 Å². The lowest BCUT2D eigenvalue weighted by Gasteiger charge is -2.42. The van der Waals surface area contributed by atoms with Gasteiger partial charge in [0, 0.05) is 26.1 Å². The number of nitrogens with one attached hydrogen (secondary N) is 1. The van der Waals surface area contributed by atoms with Crippen LogP contribution in [0.3, 0.4) is 0 Å². The lowest BCUT2D eigenvalue weighted by Crippen LogP contribution is -2.62. The van der Waals surface area contributed by atoms with E-state index in [1.165, 1.54) is 23.6 Å². The fraction of sp³-hybridized carbons (Fsp3) is 0.379. The van der Waals surface area contributed by atoms with Gasteiger partial charge in [-0.3, -0.25) is 9.59 Å². The number of likely N-dealkylation sites (N-methyl/N-ethyl adjacent to an activating group) is 1. The third-order valence-corrected chi connectivity index (χ3v) is 7.21. The number of amides is 2. The molecule has 0 unspecified atom stereocenters. The highest BCUT2D eigenvalue weighted by atomic mass is 16.2. The van der Waals surface area contributed by atoms with E-state index in [-0.39, 0.29) is 17.9 Å². The molecule has 2 fully saturated rings. The molecule has 1 N–H and O–H groups in total. The Kier molecular flexibility index (Phi) is 6.63. The number of benzene rings is 3. The Morgan fingerprint density at radius 2 is 1.68 bits per heavy atom. The van der Waals surface area contributed by atoms with Crippen LogP contribution < -0.4 is 5.32 Å². The van der Waals surface area contributed by atoms with E-state index in [1.807, 2.05) is 59.3 Å². The standard InChI is InChI=1S/C29H33N3O2/c1-30-26(18-23-13-14-24-9-5-6-10-25(24)17-23)28(33)32-16-15-31(20-22-11-12-22)29(34)27(32)19-21-7-3-2-4-8-21/h2-10,13-14,17,22,26-27,30H,11-12,15-16,18-20H2,1H3/t26-,27-/m1/s1. The van der Waals surface area contributed by atoms with Gasteiger partial charge in [-0.25, -0.2) is 0 Å². The van der Waals surface area contributed by atoms with Crippen LogP contribution in [0.5, 0.6) is 0 Å². The molecule has 0 aromatic heterocycles. The second-order valence-electron chi connectivity index (χ2n) is 9.69. The number of hydrogen-bond acceptors (Lipinski definition) is 3. The van der Waals surface area contributed by atoms with E-state index in [0.717, 1.165) is 17.7 Å². The maximum absolute atomic E-state index is 13.8. The van der Waals surface area contributed by atoms with Crippen LogP contribution in [-0.2, 0) is 22.4 Å². The third-order valence-electron chi connectivity index (χ3n) is 7.21. The molecule has 1 aliphatic heterocycles. The third kappa shape index (κ3) is 5.00. The monoisotopic (exact) mass is 455 g/mol. The van der Waals surface area contributed by atoms with Crippen LogP contribution >= 0.6 is 0 Å². The molecule has 0 bridgehead atoms. The summed E-state index contributed by atoms with van der Waals surface area (Å²) < 4.78 is 0. The Balaban J connectivity index is 1.36. The molecular formula is C29H33N3O2. The van der Waals surface area contributed by atoms with Gasteiger partial charge in [0.2, 0.25) is 11.8 Å². The first-order valence-electron chi connectivity index (χ1n) is 12.4. The maximum Gasteiger partial charge on any atom is 0.245 e. The van der Waals surface area contributed by atoms with Crippen molar-refractivity contribution in [3.05, 3.63) is 83.9 Å². The number of carbonyl (C=O) groups is 2. The fourth-order valence-electron chi connectivity index (χ4n) is 5.05. The number of carbonyl (C=O) groups excluding carboxylic acids is 2. The highest BCUT2D eigenvalue weighted by Crippen LogP contribution is 2.31. The summed E-state index contributed by atoms with van der Waals surface area (Å²) in [5.74, 6) is 0.744. The van der Waals surface area contributed by atoms with Crippen molar-refractivity contribution in [1.82, 2.24) is 15.1 Å². The molecule has 0 radical (unpaired) electrons. The van der Waals surface area contributed by atoms with Crippen molar-refractivity contribution < 1.29 is 9.59 Å². The van der Waals surface area contributed by atoms with E-state index in [4.69, 9.17) is 0 Å². The minimum Gasteiger partial charge on any atom is -0.339 e. The first-order valence-corrected chi connectivity index (χ1v) is 12.4. The molecule has 5 rings (SSSR count). The molecule has 3 aromatic rings. The van der Waals surface area contributed by atoms with Gasteiger partial charge in [0.25, 0.3) is 0 Å². The Labute approximate surface area is 201 Å². The molecule has 34 heavy (non-hydrogen) atoms. The zero-order valence-corrected chi connectivity index (χ0v) is 19.8. The van der Waals surface area contributed by atoms with Crippen molar-refractivity contribution in [2.45, 2.75) is 37.8 Å². The number of fused-ring (bicyclic) bond motifs is 1. The smallest absolute Gasteiger partial charge is 0.245 e. The van der Waals surface area contributed by atoms with Gasteiger partial charge in [-0.15, -0.1) is 0 Å². The predicted molar refractivity (Wildman–Crippen MR) is 135 cm³/mol. The van der Waals surface area contributed by atoms with Gasteiger partial charge in [-0.1, -0.05) is 72.8 Å². The van der Waals surface area contributed by atoms with Crippen LogP contribution in [-0.4, -0.2) is 60.4 Å². The molecule has 5 nitrogen and oxygen atoms in total. The van der Waals surface area contributed by atoms with Gasteiger partial charge in [0.15, 0.2) is 0 Å². The van der Waals surface area contributed by atoms with Crippen molar-refractivity contribution in [2.75, 3.05) is 26.7 Å². The molecule has 1 heterocycles. The Hall–Kier alpha value is -3.18. The molecule has 176 valence electrons. The van der Waals surface area contributed by atoms with Crippen LogP contribution in [0.2, 0.25) is 0 Å². The largest absolute Gasteiger partial charge is 0.339 e. The van der Waals surface area contributed by atoms with E-state index in [0.29, 0.717) is 31.8 Å². The van der Waals surface area contributed by atoms with E-state index in [9.17, 15) is 9.59 Å². The summed E-state index contributed by atoms with van der Waals surface area (Å²) in [6.45, 7) is 2.04. The molecule has 1 saturated heterocycles. The van der Waals surface area contributed by atoms with Crippen molar-refractivity contribution in [1.29, 1.82) is 0 Å². The number of rotatable bonds is 8. The summed E-state index contributed by atoms with van der Waals surface area (Å²) in [6.07, 6.45) is 3.57. The topological polar surface area (TPSA) is 52.7 Å². The van der Waals surface area contributed by atoms with Crippen LogP contribution in [0.15, 0.2) is 72.8 Å². The lowest BCUT2D eigenvalue weighted by atomic mass is 9.97. The highest BCUT2D eigenvalue weighted by molar-refractivity contribution is 5.91. The average molecular weight is 456 g/mol. The molecule has 1 saturated carbocycles. The molecule has 3 aromatic carbocycles. The van der Waals surface area contributed by atoms with Gasteiger partial charge >= 0.3 is 0 Å². The van der Waals surface area contributed by atoms with E-state index in [1.54, 1.807) is 0 Å². The van der Waals surface area contributed by atoms with Gasteiger partial charge < -0.3 is 15.1 Å². The first-order chi connectivity index (χ1) is 16.6. The number of nitrogens with zero attached hydrogens (tertiary/aromatic N) is 2. The molecule has 2 aliphatic rings. The van der Waals surface area contributed by atoms with Crippen LogP contribution in [0.4, 0.5) is 0 Å². The quantitative estimate of drug-likeness (QED) is 0.564. The van der Waals surface area contributed by atoms with Crippen LogP contribution in [0.25, 0.3) is 10.8 Å². The summed E-state index contributed by atoms with van der Waals surface area (Å²) in [7, 11) is 1.83. The first kappa shape index (κ1) is 22.6. The van der Waals surface area contributed by atoms with E-state index >= 15 is 0 Å². The molecule has 1 aliphatic carbocycles. The van der Waals surface area contributed by atoms with E-state index in [2.05, 4.69) is 35.6 Å². The van der Waals surface area contributed by atoms with Crippen molar-refractivity contribution in [3.8, 4) is 0 Å². The molecule has 2 atom stereocenters. The Bertz CT molecular complexity index is 1160.